The van der Waals surface area contributed by atoms with E-state index >= 15 is 0 Å². The van der Waals surface area contributed by atoms with E-state index in [9.17, 15) is 16.8 Å². The number of primary sulfonamides is 1. The van der Waals surface area contributed by atoms with Crippen LogP contribution in [-0.2, 0) is 19.9 Å². The Bertz CT molecular complexity index is 698. The van der Waals surface area contributed by atoms with Crippen LogP contribution in [0, 0.1) is 13.8 Å². The van der Waals surface area contributed by atoms with Gasteiger partial charge in [-0.2, -0.15) is 0 Å². The van der Waals surface area contributed by atoms with Gasteiger partial charge in [0.1, 0.15) is 12.4 Å². The molecule has 0 aliphatic rings. The van der Waals surface area contributed by atoms with E-state index in [0.29, 0.717) is 16.9 Å². The van der Waals surface area contributed by atoms with Crippen molar-refractivity contribution in [3.8, 4) is 5.75 Å². The van der Waals surface area contributed by atoms with E-state index in [4.69, 9.17) is 9.88 Å². The monoisotopic (exact) mass is 335 g/mol. The molecule has 2 N–H and O–H groups in total. The van der Waals surface area contributed by atoms with Crippen LogP contribution in [0.5, 0.6) is 5.75 Å². The maximum Gasteiger partial charge on any atom is 0.238 e. The number of ether oxygens (including phenoxy) is 1. The Morgan fingerprint density at radius 2 is 1.57 bits per heavy atom. The molecule has 0 radical (unpaired) electrons. The number of aryl methyl sites for hydroxylation is 2. The number of sulfonamides is 1. The summed E-state index contributed by atoms with van der Waals surface area (Å²) < 4.78 is 51.6. The van der Waals surface area contributed by atoms with E-state index in [-0.39, 0.29) is 17.3 Å². The van der Waals surface area contributed by atoms with E-state index in [1.807, 2.05) is 0 Å². The van der Waals surface area contributed by atoms with Crippen LogP contribution in [0.2, 0.25) is 0 Å². The molecule has 0 bridgehead atoms. The van der Waals surface area contributed by atoms with Gasteiger partial charge in [0.2, 0.25) is 10.0 Å². The number of rotatable bonds is 6. The molecular weight excluding hydrogens is 314 g/mol. The fourth-order valence-corrected chi connectivity index (χ4v) is 3.27. The van der Waals surface area contributed by atoms with E-state index in [1.165, 1.54) is 12.1 Å². The van der Waals surface area contributed by atoms with Crippen LogP contribution in [0.25, 0.3) is 0 Å². The molecule has 21 heavy (non-hydrogen) atoms. The minimum absolute atomic E-state index is 0.0136. The van der Waals surface area contributed by atoms with Gasteiger partial charge in [-0.15, -0.1) is 0 Å². The van der Waals surface area contributed by atoms with Crippen molar-refractivity contribution < 1.29 is 21.6 Å². The number of sulfone groups is 1. The summed E-state index contributed by atoms with van der Waals surface area (Å²) in [7, 11) is -6.94. The Kier molecular flexibility index (Phi) is 5.40. The van der Waals surface area contributed by atoms with Gasteiger partial charge in [0.15, 0.2) is 9.84 Å². The van der Waals surface area contributed by atoms with Crippen LogP contribution in [0.3, 0.4) is 0 Å². The fourth-order valence-electron chi connectivity index (χ4n) is 1.80. The lowest BCUT2D eigenvalue weighted by atomic mass is 10.1. The van der Waals surface area contributed by atoms with Crippen LogP contribution in [0.4, 0.5) is 0 Å². The first kappa shape index (κ1) is 17.9. The zero-order valence-electron chi connectivity index (χ0n) is 12.6. The van der Waals surface area contributed by atoms with Crippen LogP contribution < -0.4 is 9.88 Å². The van der Waals surface area contributed by atoms with Gasteiger partial charge in [0.05, 0.1) is 15.9 Å². The topological polar surface area (TPSA) is 104 Å². The van der Waals surface area contributed by atoms with Crippen molar-refractivity contribution in [3.63, 3.8) is 0 Å². The summed E-state index contributed by atoms with van der Waals surface area (Å²) in [6.45, 7) is 6.64. The second kappa shape index (κ2) is 6.33. The summed E-state index contributed by atoms with van der Waals surface area (Å²) in [5.74, 6) is 0.405. The van der Waals surface area contributed by atoms with Gasteiger partial charge in [0, 0.05) is 0 Å². The van der Waals surface area contributed by atoms with E-state index in [2.05, 4.69) is 0 Å². The lowest BCUT2D eigenvalue weighted by molar-refractivity contribution is 0.335. The first-order valence-electron chi connectivity index (χ1n) is 6.43. The second-order valence-electron chi connectivity index (χ2n) is 5.20. The van der Waals surface area contributed by atoms with E-state index < -0.39 is 25.1 Å². The highest BCUT2D eigenvalue weighted by Gasteiger charge is 2.17. The predicted octanol–water partition coefficient (Wildman–Crippen LogP) is 1.15. The first-order valence-corrected chi connectivity index (χ1v) is 9.69. The molecule has 0 aliphatic heterocycles. The normalized spacial score (nSPS) is 12.7. The van der Waals surface area contributed by atoms with Gasteiger partial charge >= 0.3 is 0 Å². The van der Waals surface area contributed by atoms with Gasteiger partial charge in [0.25, 0.3) is 0 Å². The second-order valence-corrected chi connectivity index (χ2v) is 9.43. The molecule has 0 aromatic heterocycles. The molecule has 0 saturated carbocycles. The molecular formula is C13H21NO5S2. The molecule has 120 valence electrons. The lowest BCUT2D eigenvalue weighted by Gasteiger charge is -2.14. The smallest absolute Gasteiger partial charge is 0.238 e. The molecule has 0 unspecified atom stereocenters. The van der Waals surface area contributed by atoms with Crippen molar-refractivity contribution >= 4 is 19.9 Å². The maximum atomic E-state index is 11.7. The molecule has 0 amide bonds. The minimum atomic E-state index is -3.77. The molecule has 0 fully saturated rings. The summed E-state index contributed by atoms with van der Waals surface area (Å²) in [5.41, 5.74) is 1.20. The zero-order valence-corrected chi connectivity index (χ0v) is 14.2. The summed E-state index contributed by atoms with van der Waals surface area (Å²) in [5, 5.41) is 4.64. The minimum Gasteiger partial charge on any atom is -0.492 e. The van der Waals surface area contributed by atoms with Crippen molar-refractivity contribution in [1.29, 1.82) is 0 Å². The molecule has 0 atom stereocenters. The molecule has 1 aromatic carbocycles. The highest BCUT2D eigenvalue weighted by Crippen LogP contribution is 2.26. The molecule has 1 aromatic rings. The summed E-state index contributed by atoms with van der Waals surface area (Å²) in [6, 6.07) is 2.82. The van der Waals surface area contributed by atoms with Crippen molar-refractivity contribution in [2.24, 2.45) is 5.14 Å². The number of benzene rings is 1. The van der Waals surface area contributed by atoms with Crippen molar-refractivity contribution in [2.45, 2.75) is 37.8 Å². The summed E-state index contributed by atoms with van der Waals surface area (Å²) in [6.07, 6.45) is 0. The molecule has 8 heteroatoms. The van der Waals surface area contributed by atoms with Crippen molar-refractivity contribution in [1.82, 2.24) is 0 Å². The van der Waals surface area contributed by atoms with Crippen LogP contribution in [0.15, 0.2) is 17.0 Å². The fraction of sp³-hybridized carbons (Fsp3) is 0.538. The van der Waals surface area contributed by atoms with Crippen LogP contribution in [0.1, 0.15) is 25.0 Å². The number of hydrogen-bond donors (Lipinski definition) is 1. The average Bonchev–Trinajstić information content (AvgIpc) is 2.30. The largest absolute Gasteiger partial charge is 0.492 e. The lowest BCUT2D eigenvalue weighted by Crippen LogP contribution is -2.22. The first-order chi connectivity index (χ1) is 9.45. The summed E-state index contributed by atoms with van der Waals surface area (Å²) >= 11 is 0. The zero-order chi connectivity index (χ0) is 16.4. The quantitative estimate of drug-likeness (QED) is 0.840. The van der Waals surface area contributed by atoms with E-state index in [1.54, 1.807) is 27.7 Å². The van der Waals surface area contributed by atoms with Gasteiger partial charge < -0.3 is 4.74 Å². The number of nitrogens with two attached hydrogens (primary N) is 1. The highest BCUT2D eigenvalue weighted by molar-refractivity contribution is 7.92. The third kappa shape index (κ3) is 4.69. The van der Waals surface area contributed by atoms with Gasteiger partial charge in [-0.3, -0.25) is 0 Å². The Balaban J connectivity index is 2.92. The van der Waals surface area contributed by atoms with Gasteiger partial charge in [-0.1, -0.05) is 0 Å². The Labute approximate surface area is 126 Å². The average molecular weight is 335 g/mol. The van der Waals surface area contributed by atoms with Crippen LogP contribution in [-0.4, -0.2) is 34.4 Å². The SMILES string of the molecule is Cc1cc(S(N)(=O)=O)cc(C)c1OCCS(=O)(=O)C(C)C. The molecule has 0 aliphatic carbocycles. The van der Waals surface area contributed by atoms with E-state index in [0.717, 1.165) is 0 Å². The van der Waals surface area contributed by atoms with Crippen molar-refractivity contribution in [3.05, 3.63) is 23.3 Å². The maximum absolute atomic E-state index is 11.7. The van der Waals surface area contributed by atoms with Gasteiger partial charge in [-0.25, -0.2) is 22.0 Å². The van der Waals surface area contributed by atoms with Crippen LogP contribution >= 0.6 is 0 Å². The Morgan fingerprint density at radius 1 is 1.10 bits per heavy atom. The summed E-state index contributed by atoms with van der Waals surface area (Å²) in [4.78, 5) is 0.0136. The number of hydrogen-bond acceptors (Lipinski definition) is 5. The standard InChI is InChI=1S/C13H21NO5S2/c1-9(2)20(15,16)6-5-19-13-10(3)7-12(8-11(13)4)21(14,17)18/h7-9H,5-6H2,1-4H3,(H2,14,17,18). The Hall–Kier alpha value is -1.12. The predicted molar refractivity (Wildman–Crippen MR) is 81.7 cm³/mol. The third-order valence-electron chi connectivity index (χ3n) is 3.09. The van der Waals surface area contributed by atoms with Crippen molar-refractivity contribution in [2.75, 3.05) is 12.4 Å². The highest BCUT2D eigenvalue weighted by atomic mass is 32.2. The molecule has 0 spiro atoms. The molecule has 1 rings (SSSR count). The molecule has 6 nitrogen and oxygen atoms in total. The molecule has 0 saturated heterocycles. The van der Waals surface area contributed by atoms with Gasteiger partial charge in [-0.05, 0) is 51.0 Å². The third-order valence-corrected chi connectivity index (χ3v) is 6.16. The molecule has 0 heterocycles. The Morgan fingerprint density at radius 3 is 1.95 bits per heavy atom.